The van der Waals surface area contributed by atoms with Gasteiger partial charge in [0.2, 0.25) is 16.0 Å². The summed E-state index contributed by atoms with van der Waals surface area (Å²) in [4.78, 5) is 23.6. The zero-order chi connectivity index (χ0) is 25.7. The predicted octanol–water partition coefficient (Wildman–Crippen LogP) is 3.55. The van der Waals surface area contributed by atoms with Gasteiger partial charge in [-0.25, -0.2) is 23.2 Å². The first-order chi connectivity index (χ1) is 17.2. The zero-order valence-electron chi connectivity index (χ0n) is 20.5. The minimum Gasteiger partial charge on any atom is -0.377 e. The van der Waals surface area contributed by atoms with Crippen LogP contribution in [0.3, 0.4) is 0 Å². The van der Waals surface area contributed by atoms with Crippen LogP contribution in [-0.4, -0.2) is 63.0 Å². The van der Waals surface area contributed by atoms with E-state index in [0.29, 0.717) is 60.6 Å². The number of sulfonamides is 1. The number of hydrogen-bond donors (Lipinski definition) is 3. The van der Waals surface area contributed by atoms with Gasteiger partial charge in [-0.15, -0.1) is 0 Å². The highest BCUT2D eigenvalue weighted by Gasteiger charge is 2.23. The Bertz CT molecular complexity index is 1330. The highest BCUT2D eigenvalue weighted by Crippen LogP contribution is 2.32. The van der Waals surface area contributed by atoms with Crippen molar-refractivity contribution in [1.82, 2.24) is 15.3 Å². The Hall–Kier alpha value is -3.70. The van der Waals surface area contributed by atoms with Crippen LogP contribution in [0.25, 0.3) is 22.5 Å². The second-order valence-corrected chi connectivity index (χ2v) is 10.3. The second kappa shape index (κ2) is 10.9. The Morgan fingerprint density at radius 1 is 1.11 bits per heavy atom. The number of para-hydroxylation sites is 1. The van der Waals surface area contributed by atoms with Crippen LogP contribution < -0.4 is 20.3 Å². The quantitative estimate of drug-likeness (QED) is 0.444. The van der Waals surface area contributed by atoms with Crippen LogP contribution in [-0.2, 0) is 14.8 Å². The monoisotopic (exact) mass is 510 g/mol. The second-order valence-electron chi connectivity index (χ2n) is 8.54. The van der Waals surface area contributed by atoms with Crippen LogP contribution in [0.1, 0.15) is 13.8 Å². The Balaban J connectivity index is 1.77. The molecule has 190 valence electrons. The fourth-order valence-corrected chi connectivity index (χ4v) is 4.51. The van der Waals surface area contributed by atoms with E-state index >= 15 is 0 Å². The number of carbonyl (C=O) groups excluding carboxylic acids is 1. The summed E-state index contributed by atoms with van der Waals surface area (Å²) in [5.74, 6) is 0.539. The Morgan fingerprint density at radius 3 is 2.53 bits per heavy atom. The molecule has 1 atom stereocenters. The average molecular weight is 511 g/mol. The van der Waals surface area contributed by atoms with E-state index < -0.39 is 10.0 Å². The lowest BCUT2D eigenvalue weighted by atomic mass is 10.1. The zero-order valence-corrected chi connectivity index (χ0v) is 21.3. The van der Waals surface area contributed by atoms with Gasteiger partial charge in [-0.05, 0) is 38.1 Å². The summed E-state index contributed by atoms with van der Waals surface area (Å²) in [6, 6.07) is 16.1. The lowest BCUT2D eigenvalue weighted by Crippen LogP contribution is -2.44. The van der Waals surface area contributed by atoms with Gasteiger partial charge in [-0.3, -0.25) is 4.72 Å². The highest BCUT2D eigenvalue weighted by molar-refractivity contribution is 7.92. The number of morpholine rings is 1. The van der Waals surface area contributed by atoms with E-state index in [1.165, 1.54) is 0 Å². The molecular formula is C25H30N6O4S. The molecule has 10 nitrogen and oxygen atoms in total. The van der Waals surface area contributed by atoms with E-state index in [1.807, 2.05) is 49.4 Å². The Morgan fingerprint density at radius 2 is 1.83 bits per heavy atom. The molecule has 1 fully saturated rings. The van der Waals surface area contributed by atoms with Crippen LogP contribution in [0.2, 0.25) is 0 Å². The molecule has 1 aromatic heterocycles. The molecule has 2 aromatic carbocycles. The van der Waals surface area contributed by atoms with Crippen molar-refractivity contribution in [2.24, 2.45) is 0 Å². The van der Waals surface area contributed by atoms with E-state index in [-0.39, 0.29) is 12.1 Å². The third-order valence-corrected chi connectivity index (χ3v) is 6.20. The van der Waals surface area contributed by atoms with Gasteiger partial charge < -0.3 is 20.3 Å². The van der Waals surface area contributed by atoms with E-state index in [4.69, 9.17) is 14.7 Å². The first-order valence-electron chi connectivity index (χ1n) is 11.7. The predicted molar refractivity (Wildman–Crippen MR) is 142 cm³/mol. The number of rotatable bonds is 7. The molecule has 3 aromatic rings. The third-order valence-electron chi connectivity index (χ3n) is 5.61. The van der Waals surface area contributed by atoms with Gasteiger partial charge in [0.25, 0.3) is 0 Å². The van der Waals surface area contributed by atoms with Gasteiger partial charge in [0.05, 0.1) is 42.6 Å². The van der Waals surface area contributed by atoms with Gasteiger partial charge >= 0.3 is 6.03 Å². The first kappa shape index (κ1) is 25.4. The molecule has 2 heterocycles. The van der Waals surface area contributed by atoms with Crippen molar-refractivity contribution >= 4 is 33.4 Å². The van der Waals surface area contributed by atoms with Gasteiger partial charge in [0.1, 0.15) is 0 Å². The standard InChI is InChI=1S/C25H30N6O4S/c1-4-26-25(32)27-19-11-9-18(10-12-19)22-15-23(20-7-5-6-8-21(20)30-36(3,33)34)29-24(28-22)31-13-14-35-16-17(31)2/h5-12,15,17,30H,4,13-14,16H2,1-3H3,(H2,26,27,32). The maximum absolute atomic E-state index is 12.0. The number of anilines is 3. The summed E-state index contributed by atoms with van der Waals surface area (Å²) >= 11 is 0. The molecule has 3 N–H and O–H groups in total. The SMILES string of the molecule is CCNC(=O)Nc1ccc(-c2cc(-c3ccccc3NS(C)(=O)=O)nc(N3CCOCC3C)n2)cc1. The maximum Gasteiger partial charge on any atom is 0.319 e. The normalized spacial score (nSPS) is 15.9. The van der Waals surface area contributed by atoms with Crippen molar-refractivity contribution in [2.45, 2.75) is 19.9 Å². The smallest absolute Gasteiger partial charge is 0.319 e. The summed E-state index contributed by atoms with van der Waals surface area (Å²) in [5.41, 5.74) is 3.83. The summed E-state index contributed by atoms with van der Waals surface area (Å²) in [6.07, 6.45) is 1.12. The number of carbonyl (C=O) groups is 1. The van der Waals surface area contributed by atoms with Crippen LogP contribution in [0.15, 0.2) is 54.6 Å². The lowest BCUT2D eigenvalue weighted by Gasteiger charge is -2.33. The molecule has 1 aliphatic rings. The number of nitrogens with one attached hydrogen (secondary N) is 3. The van der Waals surface area contributed by atoms with Gasteiger partial charge in [-0.1, -0.05) is 30.3 Å². The van der Waals surface area contributed by atoms with Crippen molar-refractivity contribution in [1.29, 1.82) is 0 Å². The summed E-state index contributed by atoms with van der Waals surface area (Å²) in [5, 5.41) is 5.49. The Labute approximate surface area is 211 Å². The molecule has 1 saturated heterocycles. The summed E-state index contributed by atoms with van der Waals surface area (Å²) < 4.78 is 32.1. The molecule has 1 unspecified atom stereocenters. The molecule has 0 saturated carbocycles. The van der Waals surface area contributed by atoms with E-state index in [1.54, 1.807) is 12.1 Å². The van der Waals surface area contributed by atoms with Crippen LogP contribution in [0, 0.1) is 0 Å². The van der Waals surface area contributed by atoms with Crippen LogP contribution in [0.4, 0.5) is 22.1 Å². The van der Waals surface area contributed by atoms with Crippen LogP contribution >= 0.6 is 0 Å². The number of aromatic nitrogens is 2. The lowest BCUT2D eigenvalue weighted by molar-refractivity contribution is 0.0981. The van der Waals surface area contributed by atoms with Crippen molar-refractivity contribution < 1.29 is 17.9 Å². The number of ether oxygens (including phenoxy) is 1. The molecule has 0 bridgehead atoms. The molecule has 1 aliphatic heterocycles. The van der Waals surface area contributed by atoms with Gasteiger partial charge in [0, 0.05) is 29.9 Å². The largest absolute Gasteiger partial charge is 0.377 e. The summed E-state index contributed by atoms with van der Waals surface area (Å²) in [6.45, 7) is 6.21. The molecule has 0 aliphatic carbocycles. The number of hydrogen-bond acceptors (Lipinski definition) is 7. The fraction of sp³-hybridized carbons (Fsp3) is 0.320. The van der Waals surface area contributed by atoms with Gasteiger partial charge in [-0.2, -0.15) is 0 Å². The topological polar surface area (TPSA) is 126 Å². The van der Waals surface area contributed by atoms with Crippen molar-refractivity contribution in [3.05, 3.63) is 54.6 Å². The van der Waals surface area contributed by atoms with Gasteiger partial charge in [0.15, 0.2) is 0 Å². The fourth-order valence-electron chi connectivity index (χ4n) is 3.93. The third kappa shape index (κ3) is 6.29. The van der Waals surface area contributed by atoms with Crippen molar-refractivity contribution in [3.63, 3.8) is 0 Å². The molecule has 4 rings (SSSR count). The number of nitrogens with zero attached hydrogens (tertiary/aromatic N) is 3. The first-order valence-corrected chi connectivity index (χ1v) is 13.6. The molecule has 0 radical (unpaired) electrons. The minimum atomic E-state index is -3.49. The molecule has 2 amide bonds. The number of amides is 2. The van der Waals surface area contributed by atoms with Crippen molar-refractivity contribution in [3.8, 4) is 22.5 Å². The van der Waals surface area contributed by atoms with Crippen LogP contribution in [0.5, 0.6) is 0 Å². The van der Waals surface area contributed by atoms with E-state index in [2.05, 4.69) is 27.2 Å². The minimum absolute atomic E-state index is 0.0786. The average Bonchev–Trinajstić information content (AvgIpc) is 2.84. The number of benzene rings is 2. The molecule has 11 heteroatoms. The maximum atomic E-state index is 12.0. The molecular weight excluding hydrogens is 480 g/mol. The Kier molecular flexibility index (Phi) is 7.70. The molecule has 0 spiro atoms. The molecule has 36 heavy (non-hydrogen) atoms. The highest BCUT2D eigenvalue weighted by atomic mass is 32.2. The van der Waals surface area contributed by atoms with E-state index in [0.717, 1.165) is 11.8 Å². The summed E-state index contributed by atoms with van der Waals surface area (Å²) in [7, 11) is -3.49. The number of urea groups is 1. The van der Waals surface area contributed by atoms with E-state index in [9.17, 15) is 13.2 Å². The van der Waals surface area contributed by atoms with Crippen molar-refractivity contribution in [2.75, 3.05) is 47.5 Å².